The number of rotatable bonds is 8. The van der Waals surface area contributed by atoms with Gasteiger partial charge in [0.1, 0.15) is 0 Å². The van der Waals surface area contributed by atoms with E-state index in [1.54, 1.807) is 0 Å². The van der Waals surface area contributed by atoms with Crippen molar-refractivity contribution in [2.24, 2.45) is 17.6 Å². The molecule has 100 valence electrons. The first kappa shape index (κ1) is 15.9. The summed E-state index contributed by atoms with van der Waals surface area (Å²) in [5.74, 6) is 0.719. The van der Waals surface area contributed by atoms with Crippen LogP contribution in [-0.2, 0) is 9.59 Å². The van der Waals surface area contributed by atoms with E-state index in [-0.39, 0.29) is 17.7 Å². The van der Waals surface area contributed by atoms with Gasteiger partial charge in [0, 0.05) is 26.4 Å². The average Bonchev–Trinajstić information content (AvgIpc) is 2.22. The van der Waals surface area contributed by atoms with E-state index in [0.29, 0.717) is 32.0 Å². The molecule has 0 aromatic carbocycles. The number of carbonyl (C=O) groups excluding carboxylic acids is 2. The summed E-state index contributed by atoms with van der Waals surface area (Å²) >= 11 is 0. The molecule has 0 bridgehead atoms. The monoisotopic (exact) mass is 243 g/mol. The Morgan fingerprint density at radius 3 is 2.24 bits per heavy atom. The van der Waals surface area contributed by atoms with Crippen LogP contribution in [0.2, 0.25) is 0 Å². The molecule has 4 N–H and O–H groups in total. The highest BCUT2D eigenvalue weighted by molar-refractivity contribution is 5.76. The third-order valence-electron chi connectivity index (χ3n) is 2.43. The Labute approximate surface area is 104 Å². The van der Waals surface area contributed by atoms with Gasteiger partial charge in [0.05, 0.1) is 0 Å². The molecule has 5 heteroatoms. The Kier molecular flexibility index (Phi) is 8.40. The fourth-order valence-electron chi connectivity index (χ4n) is 1.70. The summed E-state index contributed by atoms with van der Waals surface area (Å²) in [5.41, 5.74) is 5.63. The van der Waals surface area contributed by atoms with E-state index in [4.69, 9.17) is 5.73 Å². The van der Waals surface area contributed by atoms with Crippen LogP contribution in [0.5, 0.6) is 0 Å². The highest BCUT2D eigenvalue weighted by Crippen LogP contribution is 2.13. The Balaban J connectivity index is 3.71. The smallest absolute Gasteiger partial charge is 0.220 e. The van der Waals surface area contributed by atoms with Crippen molar-refractivity contribution in [3.63, 3.8) is 0 Å². The summed E-state index contributed by atoms with van der Waals surface area (Å²) < 4.78 is 0. The van der Waals surface area contributed by atoms with E-state index in [9.17, 15) is 9.59 Å². The molecule has 1 atom stereocenters. The maximum absolute atomic E-state index is 11.6. The third kappa shape index (κ3) is 9.81. The van der Waals surface area contributed by atoms with Crippen molar-refractivity contribution in [3.05, 3.63) is 0 Å². The number of carbonyl (C=O) groups is 2. The summed E-state index contributed by atoms with van der Waals surface area (Å²) in [5, 5.41) is 5.39. The van der Waals surface area contributed by atoms with Crippen molar-refractivity contribution in [2.75, 3.05) is 19.6 Å². The normalized spacial score (nSPS) is 12.3. The zero-order valence-corrected chi connectivity index (χ0v) is 11.1. The van der Waals surface area contributed by atoms with Crippen LogP contribution in [0.3, 0.4) is 0 Å². The van der Waals surface area contributed by atoms with Gasteiger partial charge in [-0.05, 0) is 24.8 Å². The quantitative estimate of drug-likeness (QED) is 0.534. The van der Waals surface area contributed by atoms with Crippen molar-refractivity contribution in [1.29, 1.82) is 0 Å². The molecule has 5 nitrogen and oxygen atoms in total. The van der Waals surface area contributed by atoms with Crippen LogP contribution in [0.1, 0.15) is 33.6 Å². The average molecular weight is 243 g/mol. The van der Waals surface area contributed by atoms with Crippen molar-refractivity contribution < 1.29 is 9.59 Å². The van der Waals surface area contributed by atoms with Crippen LogP contribution in [0.15, 0.2) is 0 Å². The van der Waals surface area contributed by atoms with Gasteiger partial charge >= 0.3 is 0 Å². The summed E-state index contributed by atoms with van der Waals surface area (Å²) in [6.45, 7) is 7.18. The van der Waals surface area contributed by atoms with E-state index < -0.39 is 0 Å². The lowest BCUT2D eigenvalue weighted by Gasteiger charge is -2.16. The van der Waals surface area contributed by atoms with Gasteiger partial charge in [-0.3, -0.25) is 9.59 Å². The molecule has 0 radical (unpaired) electrons. The highest BCUT2D eigenvalue weighted by atomic mass is 16.2. The van der Waals surface area contributed by atoms with Gasteiger partial charge in [0.2, 0.25) is 11.8 Å². The first-order valence-corrected chi connectivity index (χ1v) is 6.16. The lowest BCUT2D eigenvalue weighted by Crippen LogP contribution is -2.35. The molecular weight excluding hydrogens is 218 g/mol. The van der Waals surface area contributed by atoms with Gasteiger partial charge in [0.15, 0.2) is 0 Å². The van der Waals surface area contributed by atoms with E-state index >= 15 is 0 Å². The Bertz CT molecular complexity index is 242. The minimum Gasteiger partial charge on any atom is -0.355 e. The second-order valence-corrected chi connectivity index (χ2v) is 4.77. The molecule has 0 spiro atoms. The van der Waals surface area contributed by atoms with Crippen LogP contribution in [0.25, 0.3) is 0 Å². The van der Waals surface area contributed by atoms with Gasteiger partial charge in [-0.25, -0.2) is 0 Å². The van der Waals surface area contributed by atoms with E-state index in [1.165, 1.54) is 6.92 Å². The molecule has 0 aliphatic carbocycles. The fourth-order valence-corrected chi connectivity index (χ4v) is 1.70. The van der Waals surface area contributed by atoms with Crippen molar-refractivity contribution in [1.82, 2.24) is 10.6 Å². The van der Waals surface area contributed by atoms with Gasteiger partial charge in [-0.15, -0.1) is 0 Å². The van der Waals surface area contributed by atoms with Crippen LogP contribution >= 0.6 is 0 Å². The van der Waals surface area contributed by atoms with Crippen molar-refractivity contribution >= 4 is 11.8 Å². The molecule has 0 fully saturated rings. The maximum Gasteiger partial charge on any atom is 0.220 e. The van der Waals surface area contributed by atoms with E-state index in [2.05, 4.69) is 24.5 Å². The molecule has 0 aliphatic heterocycles. The van der Waals surface area contributed by atoms with Gasteiger partial charge in [-0.1, -0.05) is 13.8 Å². The van der Waals surface area contributed by atoms with Crippen LogP contribution in [0.4, 0.5) is 0 Å². The molecule has 17 heavy (non-hydrogen) atoms. The van der Waals surface area contributed by atoms with Crippen LogP contribution in [0, 0.1) is 11.8 Å². The van der Waals surface area contributed by atoms with Crippen LogP contribution < -0.4 is 16.4 Å². The number of amides is 2. The summed E-state index contributed by atoms with van der Waals surface area (Å²) in [6, 6.07) is 0. The first-order valence-electron chi connectivity index (χ1n) is 6.16. The molecule has 0 aromatic heterocycles. The number of hydrogen-bond acceptors (Lipinski definition) is 3. The summed E-state index contributed by atoms with van der Waals surface area (Å²) in [4.78, 5) is 22.2. The zero-order chi connectivity index (χ0) is 13.3. The van der Waals surface area contributed by atoms with Crippen molar-refractivity contribution in [3.8, 4) is 0 Å². The van der Waals surface area contributed by atoms with Crippen molar-refractivity contribution in [2.45, 2.75) is 33.6 Å². The molecule has 0 aliphatic rings. The zero-order valence-electron chi connectivity index (χ0n) is 11.1. The third-order valence-corrected chi connectivity index (χ3v) is 2.43. The van der Waals surface area contributed by atoms with E-state index in [0.717, 1.165) is 6.42 Å². The lowest BCUT2D eigenvalue weighted by molar-refractivity contribution is -0.122. The predicted octanol–water partition coefficient (Wildman–Crippen LogP) is 0.250. The van der Waals surface area contributed by atoms with Gasteiger partial charge in [0.25, 0.3) is 0 Å². The molecule has 0 rings (SSSR count). The Hall–Kier alpha value is -1.10. The molecular formula is C12H25N3O2. The molecule has 0 saturated heterocycles. The number of nitrogens with two attached hydrogens (primary N) is 1. The number of nitrogens with one attached hydrogen (secondary N) is 2. The molecule has 1 unspecified atom stereocenters. The Morgan fingerprint density at radius 2 is 1.76 bits per heavy atom. The molecule has 0 heterocycles. The second-order valence-electron chi connectivity index (χ2n) is 4.77. The topological polar surface area (TPSA) is 84.2 Å². The molecule has 2 amide bonds. The lowest BCUT2D eigenvalue weighted by atomic mass is 9.94. The predicted molar refractivity (Wildman–Crippen MR) is 68.3 cm³/mol. The minimum atomic E-state index is -0.0844. The highest BCUT2D eigenvalue weighted by Gasteiger charge is 2.13. The minimum absolute atomic E-state index is 0.00597. The molecule has 0 saturated carbocycles. The first-order chi connectivity index (χ1) is 7.95. The summed E-state index contributed by atoms with van der Waals surface area (Å²) in [7, 11) is 0. The van der Waals surface area contributed by atoms with Gasteiger partial charge in [-0.2, -0.15) is 0 Å². The number of hydrogen-bond donors (Lipinski definition) is 3. The maximum atomic E-state index is 11.6. The van der Waals surface area contributed by atoms with Crippen LogP contribution in [-0.4, -0.2) is 31.4 Å². The Morgan fingerprint density at radius 1 is 1.18 bits per heavy atom. The van der Waals surface area contributed by atoms with E-state index in [1.807, 2.05) is 0 Å². The van der Waals surface area contributed by atoms with Gasteiger partial charge < -0.3 is 16.4 Å². The largest absolute Gasteiger partial charge is 0.355 e. The second kappa shape index (κ2) is 8.98. The standard InChI is InChI=1S/C12H25N3O2/c1-9(2)6-11(8-13)7-12(17)15-5-4-14-10(3)16/h9,11H,4-8,13H2,1-3H3,(H,14,16)(H,15,17). The molecule has 0 aromatic rings. The SMILES string of the molecule is CC(=O)NCCNC(=O)CC(CN)CC(C)C. The summed E-state index contributed by atoms with van der Waals surface area (Å²) in [6.07, 6.45) is 1.43. The fraction of sp³-hybridized carbons (Fsp3) is 0.833.